The van der Waals surface area contributed by atoms with Gasteiger partial charge < -0.3 is 4.90 Å². The third kappa shape index (κ3) is 2.26. The lowest BCUT2D eigenvalue weighted by Crippen LogP contribution is -2.46. The highest BCUT2D eigenvalue weighted by atomic mass is 35.5. The smallest absolute Gasteiger partial charge is 0.00195 e. The van der Waals surface area contributed by atoms with Crippen LogP contribution in [0, 0.1) is 23.2 Å². The fourth-order valence-corrected chi connectivity index (χ4v) is 5.06. The average Bonchev–Trinajstić information content (AvgIpc) is 2.12. The molecule has 0 saturated heterocycles. The molecule has 0 unspecified atom stereocenters. The van der Waals surface area contributed by atoms with E-state index in [-0.39, 0.29) is 12.4 Å². The Labute approximate surface area is 106 Å². The summed E-state index contributed by atoms with van der Waals surface area (Å²) in [5, 5.41) is 0. The van der Waals surface area contributed by atoms with Crippen molar-refractivity contribution < 1.29 is 0 Å². The summed E-state index contributed by atoms with van der Waals surface area (Å²) in [7, 11) is 4.45. The molecular weight excluding hydrogens is 218 g/mol. The van der Waals surface area contributed by atoms with Crippen molar-refractivity contribution in [2.45, 2.75) is 44.9 Å². The second kappa shape index (κ2) is 4.49. The second-order valence-corrected chi connectivity index (χ2v) is 6.97. The highest BCUT2D eigenvalue weighted by molar-refractivity contribution is 5.85. The molecule has 0 atom stereocenters. The minimum Gasteiger partial charge on any atom is -0.309 e. The Balaban J connectivity index is 0.000000963. The van der Waals surface area contributed by atoms with Crippen LogP contribution in [0.3, 0.4) is 0 Å². The monoisotopic (exact) mass is 243 g/mol. The third-order valence-electron chi connectivity index (χ3n) is 5.25. The summed E-state index contributed by atoms with van der Waals surface area (Å²) in [6.45, 7) is 1.31. The van der Waals surface area contributed by atoms with Gasteiger partial charge in [-0.3, -0.25) is 0 Å². The molecule has 94 valence electrons. The SMILES string of the molecule is CN(C)CCC12CC3CC(CC(C3)C1)C2.Cl. The Bertz CT molecular complexity index is 214. The lowest BCUT2D eigenvalue weighted by atomic mass is 9.49. The molecule has 0 aliphatic heterocycles. The standard InChI is InChI=1S/C14H25N.ClH/c1-15(2)4-3-14-8-11-5-12(9-14)7-13(6-11)10-14;/h11-13H,3-10H2,1-2H3;1H. The van der Waals surface area contributed by atoms with Gasteiger partial charge in [0.2, 0.25) is 0 Å². The summed E-state index contributed by atoms with van der Waals surface area (Å²) in [6.07, 6.45) is 11.0. The molecule has 0 heterocycles. The van der Waals surface area contributed by atoms with Crippen LogP contribution in [0.1, 0.15) is 44.9 Å². The fraction of sp³-hybridized carbons (Fsp3) is 1.00. The van der Waals surface area contributed by atoms with Crippen molar-refractivity contribution in [3.63, 3.8) is 0 Å². The molecular formula is C14H26ClN. The molecule has 1 nitrogen and oxygen atoms in total. The van der Waals surface area contributed by atoms with Gasteiger partial charge >= 0.3 is 0 Å². The van der Waals surface area contributed by atoms with Gasteiger partial charge in [-0.05, 0) is 88.8 Å². The first-order chi connectivity index (χ1) is 7.15. The third-order valence-corrected chi connectivity index (χ3v) is 5.25. The quantitative estimate of drug-likeness (QED) is 0.733. The normalized spacial score (nSPS) is 44.8. The molecule has 0 aromatic carbocycles. The van der Waals surface area contributed by atoms with Crippen LogP contribution in [0.15, 0.2) is 0 Å². The summed E-state index contributed by atoms with van der Waals surface area (Å²) in [6, 6.07) is 0. The largest absolute Gasteiger partial charge is 0.309 e. The van der Waals surface area contributed by atoms with Crippen molar-refractivity contribution in [1.29, 1.82) is 0 Å². The van der Waals surface area contributed by atoms with E-state index in [2.05, 4.69) is 19.0 Å². The maximum absolute atomic E-state index is 2.37. The van der Waals surface area contributed by atoms with Crippen LogP contribution in [-0.2, 0) is 0 Å². The van der Waals surface area contributed by atoms with E-state index in [0.29, 0.717) is 0 Å². The van der Waals surface area contributed by atoms with Crippen LogP contribution in [-0.4, -0.2) is 25.5 Å². The van der Waals surface area contributed by atoms with Crippen molar-refractivity contribution in [3.8, 4) is 0 Å². The first-order valence-corrected chi connectivity index (χ1v) is 6.80. The summed E-state index contributed by atoms with van der Waals surface area (Å²) in [5.74, 6) is 3.37. The maximum Gasteiger partial charge on any atom is -0.00195 e. The second-order valence-electron chi connectivity index (χ2n) is 6.97. The summed E-state index contributed by atoms with van der Waals surface area (Å²) in [5.41, 5.74) is 0.791. The van der Waals surface area contributed by atoms with Crippen LogP contribution in [0.2, 0.25) is 0 Å². The molecule has 16 heavy (non-hydrogen) atoms. The van der Waals surface area contributed by atoms with Gasteiger partial charge in [0.15, 0.2) is 0 Å². The summed E-state index contributed by atoms with van der Waals surface area (Å²) in [4.78, 5) is 2.37. The molecule has 0 N–H and O–H groups in total. The van der Waals surface area contributed by atoms with Gasteiger partial charge in [-0.25, -0.2) is 0 Å². The summed E-state index contributed by atoms with van der Waals surface area (Å²) < 4.78 is 0. The zero-order valence-electron chi connectivity index (χ0n) is 10.7. The van der Waals surface area contributed by atoms with E-state index < -0.39 is 0 Å². The van der Waals surface area contributed by atoms with Crippen molar-refractivity contribution >= 4 is 12.4 Å². The number of hydrogen-bond acceptors (Lipinski definition) is 1. The molecule has 2 heteroatoms. The zero-order chi connectivity index (χ0) is 10.5. The number of hydrogen-bond donors (Lipinski definition) is 0. The predicted molar refractivity (Wildman–Crippen MR) is 71.0 cm³/mol. The lowest BCUT2D eigenvalue weighted by molar-refractivity contribution is -0.0596. The van der Waals surface area contributed by atoms with Gasteiger partial charge in [0.1, 0.15) is 0 Å². The Morgan fingerprint density at radius 3 is 1.75 bits per heavy atom. The van der Waals surface area contributed by atoms with Crippen molar-refractivity contribution in [2.75, 3.05) is 20.6 Å². The number of halogens is 1. The van der Waals surface area contributed by atoms with E-state index in [0.717, 1.165) is 23.2 Å². The molecule has 4 aliphatic rings. The lowest BCUT2D eigenvalue weighted by Gasteiger charge is -2.57. The van der Waals surface area contributed by atoms with E-state index in [1.54, 1.807) is 38.5 Å². The van der Waals surface area contributed by atoms with E-state index in [4.69, 9.17) is 0 Å². The van der Waals surface area contributed by atoms with Gasteiger partial charge in [-0.1, -0.05) is 0 Å². The number of rotatable bonds is 3. The van der Waals surface area contributed by atoms with Crippen LogP contribution >= 0.6 is 12.4 Å². The number of nitrogens with zero attached hydrogens (tertiary/aromatic N) is 1. The minimum atomic E-state index is 0. The molecule has 4 saturated carbocycles. The van der Waals surface area contributed by atoms with E-state index in [9.17, 15) is 0 Å². The average molecular weight is 244 g/mol. The van der Waals surface area contributed by atoms with Gasteiger partial charge in [-0.15, -0.1) is 12.4 Å². The van der Waals surface area contributed by atoms with E-state index in [1.165, 1.54) is 13.0 Å². The van der Waals surface area contributed by atoms with Crippen LogP contribution in [0.5, 0.6) is 0 Å². The molecule has 0 amide bonds. The van der Waals surface area contributed by atoms with Crippen LogP contribution in [0.4, 0.5) is 0 Å². The van der Waals surface area contributed by atoms with E-state index >= 15 is 0 Å². The van der Waals surface area contributed by atoms with Crippen molar-refractivity contribution in [2.24, 2.45) is 23.2 Å². The molecule has 4 rings (SSSR count). The van der Waals surface area contributed by atoms with Crippen molar-refractivity contribution in [1.82, 2.24) is 4.90 Å². The van der Waals surface area contributed by atoms with Gasteiger partial charge in [0, 0.05) is 0 Å². The first kappa shape index (κ1) is 12.7. The van der Waals surface area contributed by atoms with Gasteiger partial charge in [0.05, 0.1) is 0 Å². The van der Waals surface area contributed by atoms with Crippen LogP contribution in [0.25, 0.3) is 0 Å². The maximum atomic E-state index is 2.37. The topological polar surface area (TPSA) is 3.24 Å². The minimum absolute atomic E-state index is 0. The molecule has 4 bridgehead atoms. The molecule has 0 aromatic heterocycles. The molecule has 0 spiro atoms. The molecule has 4 aliphatic carbocycles. The highest BCUT2D eigenvalue weighted by Crippen LogP contribution is 2.61. The Kier molecular flexibility index (Phi) is 3.57. The van der Waals surface area contributed by atoms with Crippen molar-refractivity contribution in [3.05, 3.63) is 0 Å². The summed E-state index contributed by atoms with van der Waals surface area (Å²) >= 11 is 0. The van der Waals surface area contributed by atoms with Gasteiger partial charge in [0.25, 0.3) is 0 Å². The van der Waals surface area contributed by atoms with Crippen LogP contribution < -0.4 is 0 Å². The zero-order valence-corrected chi connectivity index (χ0v) is 11.6. The van der Waals surface area contributed by atoms with E-state index in [1.807, 2.05) is 0 Å². The fourth-order valence-electron chi connectivity index (χ4n) is 5.06. The Hall–Kier alpha value is 0.250. The highest BCUT2D eigenvalue weighted by Gasteiger charge is 2.50. The van der Waals surface area contributed by atoms with Gasteiger partial charge in [-0.2, -0.15) is 0 Å². The predicted octanol–water partition coefficient (Wildman–Crippen LogP) is 3.58. The molecule has 4 fully saturated rings. The first-order valence-electron chi connectivity index (χ1n) is 6.80. The molecule has 0 radical (unpaired) electrons. The Morgan fingerprint density at radius 1 is 0.938 bits per heavy atom. The molecule has 0 aromatic rings. The Morgan fingerprint density at radius 2 is 1.38 bits per heavy atom.